The lowest BCUT2D eigenvalue weighted by molar-refractivity contribution is -0.147. The molecule has 5 heteroatoms. The van der Waals surface area contributed by atoms with E-state index >= 15 is 0 Å². The zero-order valence-corrected chi connectivity index (χ0v) is 10.8. The van der Waals surface area contributed by atoms with Crippen molar-refractivity contribution in [3.8, 4) is 0 Å². The molecule has 0 spiro atoms. The van der Waals surface area contributed by atoms with E-state index in [-0.39, 0.29) is 12.5 Å². The molecule has 1 aliphatic carbocycles. The average Bonchev–Trinajstić information content (AvgIpc) is 2.38. The van der Waals surface area contributed by atoms with Crippen molar-refractivity contribution in [2.45, 2.75) is 38.6 Å². The first-order chi connectivity index (χ1) is 8.43. The standard InChI is InChI=1S/C13H21NO4/c1-3-13(2,8-15)14-11(16)9-6-4-5-7-10(9)12(17)18/h4-5,9-10,15H,3,6-8H2,1-2H3,(H,14,16)(H,17,18). The summed E-state index contributed by atoms with van der Waals surface area (Å²) in [6.45, 7) is 3.46. The molecule has 1 amide bonds. The molecule has 0 saturated carbocycles. The minimum absolute atomic E-state index is 0.157. The average molecular weight is 255 g/mol. The number of hydrogen-bond donors (Lipinski definition) is 3. The lowest BCUT2D eigenvalue weighted by Gasteiger charge is -2.32. The lowest BCUT2D eigenvalue weighted by Crippen LogP contribution is -2.52. The van der Waals surface area contributed by atoms with Crippen LogP contribution in [0, 0.1) is 11.8 Å². The van der Waals surface area contributed by atoms with Gasteiger partial charge in [0.2, 0.25) is 5.91 Å². The Balaban J connectivity index is 2.76. The molecule has 0 heterocycles. The number of aliphatic hydroxyl groups excluding tert-OH is 1. The SMILES string of the molecule is CCC(C)(CO)NC(=O)C1CC=CCC1C(=O)O. The van der Waals surface area contributed by atoms with E-state index in [2.05, 4.69) is 5.32 Å². The molecule has 3 N–H and O–H groups in total. The van der Waals surface area contributed by atoms with Crippen LogP contribution in [0.2, 0.25) is 0 Å². The molecule has 0 aliphatic heterocycles. The summed E-state index contributed by atoms with van der Waals surface area (Å²) >= 11 is 0. The van der Waals surface area contributed by atoms with E-state index in [0.717, 1.165) is 0 Å². The van der Waals surface area contributed by atoms with Crippen LogP contribution in [0.15, 0.2) is 12.2 Å². The van der Waals surface area contributed by atoms with Crippen LogP contribution in [0.5, 0.6) is 0 Å². The molecule has 0 aromatic rings. The first-order valence-electron chi connectivity index (χ1n) is 6.24. The molecule has 3 atom stereocenters. The number of rotatable bonds is 5. The predicted octanol–water partition coefficient (Wildman–Crippen LogP) is 0.931. The number of carbonyl (C=O) groups is 2. The van der Waals surface area contributed by atoms with Crippen LogP contribution in [-0.4, -0.2) is 34.2 Å². The molecule has 0 aromatic heterocycles. The molecule has 1 rings (SSSR count). The second kappa shape index (κ2) is 6.00. The van der Waals surface area contributed by atoms with Gasteiger partial charge in [-0.3, -0.25) is 9.59 Å². The third kappa shape index (κ3) is 3.32. The Kier molecular flexibility index (Phi) is 4.90. The summed E-state index contributed by atoms with van der Waals surface area (Å²) < 4.78 is 0. The van der Waals surface area contributed by atoms with Gasteiger partial charge < -0.3 is 15.5 Å². The van der Waals surface area contributed by atoms with Gasteiger partial charge in [0.05, 0.1) is 24.0 Å². The van der Waals surface area contributed by atoms with E-state index < -0.39 is 23.3 Å². The van der Waals surface area contributed by atoms with Crippen LogP contribution < -0.4 is 5.32 Å². The summed E-state index contributed by atoms with van der Waals surface area (Å²) in [5, 5.41) is 21.1. The van der Waals surface area contributed by atoms with Gasteiger partial charge in [-0.25, -0.2) is 0 Å². The van der Waals surface area contributed by atoms with Gasteiger partial charge in [0.15, 0.2) is 0 Å². The van der Waals surface area contributed by atoms with Gasteiger partial charge in [-0.15, -0.1) is 0 Å². The summed E-state index contributed by atoms with van der Waals surface area (Å²) in [6.07, 6.45) is 5.05. The molecule has 18 heavy (non-hydrogen) atoms. The first kappa shape index (κ1) is 14.7. The fourth-order valence-corrected chi connectivity index (χ4v) is 2.01. The number of aliphatic hydroxyl groups is 1. The Morgan fingerprint density at radius 3 is 2.33 bits per heavy atom. The Morgan fingerprint density at radius 2 is 1.89 bits per heavy atom. The fraction of sp³-hybridized carbons (Fsp3) is 0.692. The van der Waals surface area contributed by atoms with E-state index in [1.165, 1.54) is 0 Å². The molecule has 0 radical (unpaired) electrons. The van der Waals surface area contributed by atoms with Crippen molar-refractivity contribution in [2.24, 2.45) is 11.8 Å². The molecule has 3 unspecified atom stereocenters. The molecule has 102 valence electrons. The van der Waals surface area contributed by atoms with Gasteiger partial charge in [-0.2, -0.15) is 0 Å². The number of nitrogens with one attached hydrogen (secondary N) is 1. The van der Waals surface area contributed by atoms with Crippen molar-refractivity contribution in [1.82, 2.24) is 5.32 Å². The number of carboxylic acid groups (broad SMARTS) is 1. The molecule has 0 saturated heterocycles. The molecule has 1 aliphatic rings. The summed E-state index contributed by atoms with van der Waals surface area (Å²) in [5.74, 6) is -2.45. The minimum Gasteiger partial charge on any atom is -0.481 e. The molecule has 0 fully saturated rings. The summed E-state index contributed by atoms with van der Waals surface area (Å²) in [6, 6.07) is 0. The van der Waals surface area contributed by atoms with Crippen LogP contribution in [0.3, 0.4) is 0 Å². The maximum absolute atomic E-state index is 12.1. The number of allylic oxidation sites excluding steroid dienone is 2. The van der Waals surface area contributed by atoms with Crippen molar-refractivity contribution in [3.63, 3.8) is 0 Å². The summed E-state index contributed by atoms with van der Waals surface area (Å²) in [4.78, 5) is 23.2. The monoisotopic (exact) mass is 255 g/mol. The van der Waals surface area contributed by atoms with E-state index in [1.807, 2.05) is 13.0 Å². The minimum atomic E-state index is -0.943. The Bertz CT molecular complexity index is 347. The van der Waals surface area contributed by atoms with Gasteiger partial charge in [0.1, 0.15) is 0 Å². The predicted molar refractivity (Wildman–Crippen MR) is 66.9 cm³/mol. The second-order valence-corrected chi connectivity index (χ2v) is 5.06. The fourth-order valence-electron chi connectivity index (χ4n) is 2.01. The van der Waals surface area contributed by atoms with E-state index in [1.54, 1.807) is 13.0 Å². The van der Waals surface area contributed by atoms with Crippen molar-refractivity contribution in [1.29, 1.82) is 0 Å². The quantitative estimate of drug-likeness (QED) is 0.638. The first-order valence-corrected chi connectivity index (χ1v) is 6.24. The molecule has 0 bridgehead atoms. The summed E-state index contributed by atoms with van der Waals surface area (Å²) in [7, 11) is 0. The second-order valence-electron chi connectivity index (χ2n) is 5.06. The number of carboxylic acids is 1. The zero-order chi connectivity index (χ0) is 13.8. The van der Waals surface area contributed by atoms with Crippen molar-refractivity contribution in [3.05, 3.63) is 12.2 Å². The van der Waals surface area contributed by atoms with E-state index in [4.69, 9.17) is 5.11 Å². The molecule has 5 nitrogen and oxygen atoms in total. The van der Waals surface area contributed by atoms with Crippen LogP contribution in [0.1, 0.15) is 33.1 Å². The van der Waals surface area contributed by atoms with Crippen LogP contribution in [-0.2, 0) is 9.59 Å². The van der Waals surface area contributed by atoms with E-state index in [0.29, 0.717) is 19.3 Å². The third-order valence-corrected chi connectivity index (χ3v) is 3.64. The third-order valence-electron chi connectivity index (χ3n) is 3.64. The Labute approximate surface area is 107 Å². The zero-order valence-electron chi connectivity index (χ0n) is 10.8. The lowest BCUT2D eigenvalue weighted by atomic mass is 9.81. The molecular formula is C13H21NO4. The van der Waals surface area contributed by atoms with Gasteiger partial charge in [-0.1, -0.05) is 19.1 Å². The maximum atomic E-state index is 12.1. The Hall–Kier alpha value is -1.36. The van der Waals surface area contributed by atoms with Crippen molar-refractivity contribution < 1.29 is 19.8 Å². The normalized spacial score (nSPS) is 26.4. The topological polar surface area (TPSA) is 86.6 Å². The highest BCUT2D eigenvalue weighted by Gasteiger charge is 2.36. The van der Waals surface area contributed by atoms with Gasteiger partial charge >= 0.3 is 5.97 Å². The smallest absolute Gasteiger partial charge is 0.307 e. The Morgan fingerprint density at radius 1 is 1.33 bits per heavy atom. The highest BCUT2D eigenvalue weighted by molar-refractivity contribution is 5.85. The van der Waals surface area contributed by atoms with E-state index in [9.17, 15) is 14.7 Å². The van der Waals surface area contributed by atoms with Gasteiger partial charge in [0, 0.05) is 0 Å². The number of amides is 1. The molecular weight excluding hydrogens is 234 g/mol. The summed E-state index contributed by atoms with van der Waals surface area (Å²) in [5.41, 5.74) is -0.679. The van der Waals surface area contributed by atoms with Crippen LogP contribution in [0.4, 0.5) is 0 Å². The van der Waals surface area contributed by atoms with Gasteiger partial charge in [0.25, 0.3) is 0 Å². The number of aliphatic carboxylic acids is 1. The molecule has 0 aromatic carbocycles. The largest absolute Gasteiger partial charge is 0.481 e. The van der Waals surface area contributed by atoms with Crippen molar-refractivity contribution >= 4 is 11.9 Å². The van der Waals surface area contributed by atoms with Crippen LogP contribution in [0.25, 0.3) is 0 Å². The maximum Gasteiger partial charge on any atom is 0.307 e. The highest BCUT2D eigenvalue weighted by atomic mass is 16.4. The number of hydrogen-bond acceptors (Lipinski definition) is 3. The van der Waals surface area contributed by atoms with Gasteiger partial charge in [-0.05, 0) is 26.2 Å². The highest BCUT2D eigenvalue weighted by Crippen LogP contribution is 2.26. The van der Waals surface area contributed by atoms with Crippen molar-refractivity contribution in [2.75, 3.05) is 6.61 Å². The number of carbonyl (C=O) groups excluding carboxylic acids is 1. The van der Waals surface area contributed by atoms with Crippen LogP contribution >= 0.6 is 0 Å².